The first kappa shape index (κ1) is 13.1. The van der Waals surface area contributed by atoms with E-state index in [0.29, 0.717) is 11.4 Å². The normalized spacial score (nSPS) is 19.1. The van der Waals surface area contributed by atoms with Gasteiger partial charge in [0.2, 0.25) is 5.91 Å². The number of pyridine rings is 1. The Hall–Kier alpha value is -1.88. The number of halogens is 1. The molecule has 1 aliphatic heterocycles. The fourth-order valence-corrected chi connectivity index (χ4v) is 2.71. The van der Waals surface area contributed by atoms with Crippen molar-refractivity contribution in [1.82, 2.24) is 15.0 Å². The number of hydrogen-bond donors (Lipinski definition) is 1. The van der Waals surface area contributed by atoms with Crippen molar-refractivity contribution in [3.8, 4) is 0 Å². The molecule has 5 nitrogen and oxygen atoms in total. The number of nitrogens with one attached hydrogen (secondary N) is 1. The van der Waals surface area contributed by atoms with Crippen LogP contribution in [0.5, 0.6) is 0 Å². The van der Waals surface area contributed by atoms with E-state index in [1.807, 2.05) is 19.1 Å². The third kappa shape index (κ3) is 2.08. The maximum absolute atomic E-state index is 11.4. The highest BCUT2D eigenvalue weighted by atomic mass is 35.5. The summed E-state index contributed by atoms with van der Waals surface area (Å²) < 4.78 is 1.78. The second-order valence-electron chi connectivity index (χ2n) is 4.99. The summed E-state index contributed by atoms with van der Waals surface area (Å²) in [5.41, 5.74) is 6.40. The molecule has 3 heterocycles. The van der Waals surface area contributed by atoms with Crippen LogP contribution in [0.4, 0.5) is 0 Å². The Balaban J connectivity index is 2.22. The number of rotatable bonds is 2. The third-order valence-electron chi connectivity index (χ3n) is 3.52. The molecule has 0 saturated heterocycles. The van der Waals surface area contributed by atoms with Crippen molar-refractivity contribution in [3.63, 3.8) is 0 Å². The molecule has 1 aliphatic rings. The highest BCUT2D eigenvalue weighted by Crippen LogP contribution is 2.25. The quantitative estimate of drug-likeness (QED) is 0.923. The molecular weight excluding hydrogens is 276 g/mol. The van der Waals surface area contributed by atoms with Crippen LogP contribution in [0.25, 0.3) is 5.52 Å². The standard InChI is InChI=1S/C14H15ClN4O/c1-3-10-13(14-8(2)6-12(20)16-17-14)11-5-4-9(15)7-19(11)18-10/h4-5,7-8H,3,6H2,1-2H3,(H,16,20). The molecule has 1 N–H and O–H groups in total. The number of nitrogens with zero attached hydrogens (tertiary/aromatic N) is 3. The summed E-state index contributed by atoms with van der Waals surface area (Å²) in [7, 11) is 0. The van der Waals surface area contributed by atoms with Gasteiger partial charge < -0.3 is 0 Å². The van der Waals surface area contributed by atoms with E-state index in [2.05, 4.69) is 22.5 Å². The van der Waals surface area contributed by atoms with Crippen LogP contribution in [-0.2, 0) is 11.2 Å². The molecule has 2 aromatic heterocycles. The average molecular weight is 291 g/mol. The van der Waals surface area contributed by atoms with Crippen LogP contribution < -0.4 is 5.43 Å². The molecule has 1 amide bonds. The minimum atomic E-state index is -0.0428. The number of carbonyl (C=O) groups is 1. The Bertz CT molecular complexity index is 719. The van der Waals surface area contributed by atoms with Crippen molar-refractivity contribution < 1.29 is 4.79 Å². The molecule has 0 aromatic carbocycles. The van der Waals surface area contributed by atoms with Crippen molar-refractivity contribution in [2.24, 2.45) is 11.0 Å². The summed E-state index contributed by atoms with van der Waals surface area (Å²) in [6, 6.07) is 3.78. The van der Waals surface area contributed by atoms with Crippen LogP contribution in [0.3, 0.4) is 0 Å². The van der Waals surface area contributed by atoms with Gasteiger partial charge in [0, 0.05) is 24.1 Å². The van der Waals surface area contributed by atoms with Crippen molar-refractivity contribution >= 4 is 28.7 Å². The summed E-state index contributed by atoms with van der Waals surface area (Å²) in [4.78, 5) is 11.4. The molecule has 20 heavy (non-hydrogen) atoms. The number of amides is 1. The Labute approximate surface area is 121 Å². The van der Waals surface area contributed by atoms with Gasteiger partial charge >= 0.3 is 0 Å². The molecule has 0 radical (unpaired) electrons. The van der Waals surface area contributed by atoms with E-state index < -0.39 is 0 Å². The predicted octanol–water partition coefficient (Wildman–Crippen LogP) is 2.41. The van der Waals surface area contributed by atoms with Gasteiger partial charge in [0.25, 0.3) is 0 Å². The second kappa shape index (κ2) is 4.90. The third-order valence-corrected chi connectivity index (χ3v) is 3.74. The van der Waals surface area contributed by atoms with Crippen molar-refractivity contribution in [2.75, 3.05) is 0 Å². The van der Waals surface area contributed by atoms with Gasteiger partial charge in [0.05, 0.1) is 21.9 Å². The Morgan fingerprint density at radius 1 is 1.50 bits per heavy atom. The number of hydrazone groups is 1. The van der Waals surface area contributed by atoms with Crippen LogP contribution in [-0.4, -0.2) is 21.2 Å². The molecule has 3 rings (SSSR count). The maximum Gasteiger partial charge on any atom is 0.240 e. The zero-order chi connectivity index (χ0) is 14.3. The molecule has 0 bridgehead atoms. The van der Waals surface area contributed by atoms with Gasteiger partial charge in [-0.2, -0.15) is 10.2 Å². The van der Waals surface area contributed by atoms with Gasteiger partial charge in [0.1, 0.15) is 0 Å². The zero-order valence-corrected chi connectivity index (χ0v) is 12.1. The molecular formula is C14H15ClN4O. The van der Waals surface area contributed by atoms with E-state index in [0.717, 1.165) is 28.9 Å². The van der Waals surface area contributed by atoms with Crippen LogP contribution in [0.1, 0.15) is 31.5 Å². The lowest BCUT2D eigenvalue weighted by atomic mass is 9.92. The lowest BCUT2D eigenvalue weighted by molar-refractivity contribution is -0.121. The highest BCUT2D eigenvalue weighted by molar-refractivity contribution is 6.30. The smallest absolute Gasteiger partial charge is 0.240 e. The molecule has 1 atom stereocenters. The summed E-state index contributed by atoms with van der Waals surface area (Å²) in [6.45, 7) is 4.07. The lowest BCUT2D eigenvalue weighted by Crippen LogP contribution is -2.32. The van der Waals surface area contributed by atoms with E-state index in [9.17, 15) is 4.79 Å². The topological polar surface area (TPSA) is 58.8 Å². The first-order valence-corrected chi connectivity index (χ1v) is 7.01. The molecule has 6 heteroatoms. The van der Waals surface area contributed by atoms with Crippen LogP contribution in [0.2, 0.25) is 5.02 Å². The monoisotopic (exact) mass is 290 g/mol. The SMILES string of the molecule is CCc1nn2cc(Cl)ccc2c1C1=NNC(=O)CC1C. The highest BCUT2D eigenvalue weighted by Gasteiger charge is 2.26. The minimum absolute atomic E-state index is 0.0428. The fraction of sp³-hybridized carbons (Fsp3) is 0.357. The van der Waals surface area contributed by atoms with Crippen molar-refractivity contribution in [2.45, 2.75) is 26.7 Å². The Morgan fingerprint density at radius 2 is 2.30 bits per heavy atom. The van der Waals surface area contributed by atoms with Crippen LogP contribution in [0.15, 0.2) is 23.4 Å². The average Bonchev–Trinajstić information content (AvgIpc) is 2.76. The summed E-state index contributed by atoms with van der Waals surface area (Å²) in [5.74, 6) is 0.0385. The summed E-state index contributed by atoms with van der Waals surface area (Å²) >= 11 is 6.01. The van der Waals surface area contributed by atoms with Gasteiger partial charge in [-0.25, -0.2) is 9.94 Å². The molecule has 104 valence electrons. The Kier molecular flexibility index (Phi) is 3.22. The van der Waals surface area contributed by atoms with E-state index in [1.165, 1.54) is 0 Å². The van der Waals surface area contributed by atoms with Gasteiger partial charge in [-0.1, -0.05) is 25.4 Å². The van der Waals surface area contributed by atoms with Gasteiger partial charge in [-0.3, -0.25) is 4.79 Å². The van der Waals surface area contributed by atoms with Crippen LogP contribution in [0, 0.1) is 5.92 Å². The number of carbonyl (C=O) groups excluding carboxylic acids is 1. The van der Waals surface area contributed by atoms with E-state index in [4.69, 9.17) is 11.6 Å². The molecule has 0 spiro atoms. The predicted molar refractivity (Wildman–Crippen MR) is 78.0 cm³/mol. The second-order valence-corrected chi connectivity index (χ2v) is 5.43. The van der Waals surface area contributed by atoms with Gasteiger partial charge in [-0.05, 0) is 18.6 Å². The van der Waals surface area contributed by atoms with Crippen LogP contribution >= 0.6 is 11.6 Å². The van der Waals surface area contributed by atoms with Crippen molar-refractivity contribution in [3.05, 3.63) is 34.6 Å². The molecule has 1 unspecified atom stereocenters. The molecule has 0 saturated carbocycles. The minimum Gasteiger partial charge on any atom is -0.273 e. The van der Waals surface area contributed by atoms with Gasteiger partial charge in [0.15, 0.2) is 0 Å². The first-order valence-electron chi connectivity index (χ1n) is 6.63. The fourth-order valence-electron chi connectivity index (χ4n) is 2.55. The largest absolute Gasteiger partial charge is 0.273 e. The number of aryl methyl sites for hydroxylation is 1. The number of fused-ring (bicyclic) bond motifs is 1. The zero-order valence-electron chi connectivity index (χ0n) is 11.4. The molecule has 0 fully saturated rings. The summed E-state index contributed by atoms with van der Waals surface area (Å²) in [5, 5.41) is 9.45. The number of hydrogen-bond acceptors (Lipinski definition) is 3. The molecule has 2 aromatic rings. The van der Waals surface area contributed by atoms with E-state index in [1.54, 1.807) is 10.7 Å². The van der Waals surface area contributed by atoms with Gasteiger partial charge in [-0.15, -0.1) is 0 Å². The number of aromatic nitrogens is 2. The van der Waals surface area contributed by atoms with Crippen molar-refractivity contribution in [1.29, 1.82) is 0 Å². The molecule has 0 aliphatic carbocycles. The maximum atomic E-state index is 11.4. The van der Waals surface area contributed by atoms with E-state index >= 15 is 0 Å². The lowest BCUT2D eigenvalue weighted by Gasteiger charge is -2.19. The first-order chi connectivity index (χ1) is 9.60. The summed E-state index contributed by atoms with van der Waals surface area (Å²) in [6.07, 6.45) is 3.04. The Morgan fingerprint density at radius 3 is 3.00 bits per heavy atom. The van der Waals surface area contributed by atoms with E-state index in [-0.39, 0.29) is 11.8 Å².